The molecule has 5 rings (SSSR count). The van der Waals surface area contributed by atoms with Crippen LogP contribution in [-0.4, -0.2) is 34.6 Å². The fourth-order valence-corrected chi connectivity index (χ4v) is 5.00. The Morgan fingerprint density at radius 2 is 1.88 bits per heavy atom. The molecule has 0 bridgehead atoms. The van der Waals surface area contributed by atoms with E-state index in [4.69, 9.17) is 16.3 Å². The fraction of sp³-hybridized carbons (Fsp3) is 0.321. The molecule has 2 aliphatic heterocycles. The van der Waals surface area contributed by atoms with Crippen LogP contribution in [0.4, 0.5) is 0 Å². The van der Waals surface area contributed by atoms with E-state index in [-0.39, 0.29) is 0 Å². The van der Waals surface area contributed by atoms with Crippen molar-refractivity contribution in [3.8, 4) is 5.75 Å². The lowest BCUT2D eigenvalue weighted by Crippen LogP contribution is -2.42. The lowest BCUT2D eigenvalue weighted by molar-refractivity contribution is -0.0254. The number of aromatic nitrogens is 1. The highest BCUT2D eigenvalue weighted by Gasteiger charge is 2.33. The molecule has 0 saturated carbocycles. The molecule has 170 valence electrons. The number of likely N-dealkylation sites (tertiary alicyclic amines) is 1. The predicted molar refractivity (Wildman–Crippen MR) is 132 cm³/mol. The number of nitrogens with zero attached hydrogens (tertiary/aromatic N) is 2. The number of aliphatic hydroxyl groups is 1. The van der Waals surface area contributed by atoms with Crippen LogP contribution in [0.3, 0.4) is 0 Å². The lowest BCUT2D eigenvalue weighted by atomic mass is 9.84. The SMILES string of the molecule is Cc1ccc2c(c1)/C(=C/CCN1CCC(O)(c3ccc(Cl)cc3)CC1)c1cccnc1CO2. The van der Waals surface area contributed by atoms with Crippen LogP contribution < -0.4 is 4.74 Å². The van der Waals surface area contributed by atoms with Gasteiger partial charge in [0.2, 0.25) is 0 Å². The third-order valence-corrected chi connectivity index (χ3v) is 7.08. The first-order valence-electron chi connectivity index (χ1n) is 11.6. The number of benzene rings is 2. The van der Waals surface area contributed by atoms with Gasteiger partial charge in [-0.05, 0) is 67.7 Å². The molecule has 1 saturated heterocycles. The van der Waals surface area contributed by atoms with E-state index in [1.807, 2.05) is 36.5 Å². The smallest absolute Gasteiger partial charge is 0.131 e. The van der Waals surface area contributed by atoms with E-state index in [1.165, 1.54) is 11.1 Å². The quantitative estimate of drug-likeness (QED) is 0.539. The number of fused-ring (bicyclic) bond motifs is 2. The normalized spacial score (nSPS) is 18.8. The molecule has 0 unspecified atom stereocenters. The average Bonchev–Trinajstić information content (AvgIpc) is 2.98. The number of piperidine rings is 1. The Kier molecular flexibility index (Phi) is 6.24. The highest BCUT2D eigenvalue weighted by molar-refractivity contribution is 6.30. The first kappa shape index (κ1) is 22.1. The maximum atomic E-state index is 11.2. The number of hydrogen-bond donors (Lipinski definition) is 1. The Hall–Kier alpha value is -2.66. The van der Waals surface area contributed by atoms with Crippen LogP contribution in [0.15, 0.2) is 66.9 Å². The van der Waals surface area contributed by atoms with E-state index >= 15 is 0 Å². The number of rotatable bonds is 4. The summed E-state index contributed by atoms with van der Waals surface area (Å²) in [5.74, 6) is 0.913. The van der Waals surface area contributed by atoms with Gasteiger partial charge in [-0.15, -0.1) is 0 Å². The molecule has 3 aromatic rings. The summed E-state index contributed by atoms with van der Waals surface area (Å²) in [5, 5.41) is 11.9. The number of hydrogen-bond acceptors (Lipinski definition) is 4. The Morgan fingerprint density at radius 3 is 2.67 bits per heavy atom. The lowest BCUT2D eigenvalue weighted by Gasteiger charge is -2.38. The van der Waals surface area contributed by atoms with Gasteiger partial charge in [0.05, 0.1) is 11.3 Å². The van der Waals surface area contributed by atoms with Gasteiger partial charge in [-0.25, -0.2) is 0 Å². The summed E-state index contributed by atoms with van der Waals surface area (Å²) in [4.78, 5) is 7.01. The van der Waals surface area contributed by atoms with Crippen molar-refractivity contribution in [2.24, 2.45) is 0 Å². The van der Waals surface area contributed by atoms with Gasteiger partial charge in [0.25, 0.3) is 0 Å². The van der Waals surface area contributed by atoms with Crippen molar-refractivity contribution in [2.75, 3.05) is 19.6 Å². The summed E-state index contributed by atoms with van der Waals surface area (Å²) >= 11 is 6.02. The van der Waals surface area contributed by atoms with Gasteiger partial charge >= 0.3 is 0 Å². The molecule has 1 N–H and O–H groups in total. The summed E-state index contributed by atoms with van der Waals surface area (Å²) in [7, 11) is 0. The van der Waals surface area contributed by atoms with Crippen molar-refractivity contribution in [2.45, 2.75) is 38.4 Å². The van der Waals surface area contributed by atoms with Gasteiger partial charge in [0.15, 0.2) is 0 Å². The molecular weight excluding hydrogens is 432 g/mol. The maximum Gasteiger partial charge on any atom is 0.131 e. The third-order valence-electron chi connectivity index (χ3n) is 6.83. The maximum absolute atomic E-state index is 11.2. The standard InChI is InChI=1S/C28H29ClN2O2/c1-20-6-11-27-25(18-20)23(24-4-2-14-30-26(24)19-33-27)5-3-15-31-16-12-28(32,13-17-31)21-7-9-22(29)10-8-21/h2,4-11,14,18,32H,3,12-13,15-17,19H2,1H3/b23-5+. The highest BCUT2D eigenvalue weighted by Crippen LogP contribution is 2.37. The molecule has 1 fully saturated rings. The largest absolute Gasteiger partial charge is 0.487 e. The summed E-state index contributed by atoms with van der Waals surface area (Å²) < 4.78 is 6.08. The second kappa shape index (κ2) is 9.30. The zero-order valence-corrected chi connectivity index (χ0v) is 19.7. The van der Waals surface area contributed by atoms with E-state index < -0.39 is 5.60 Å². The minimum absolute atomic E-state index is 0.485. The Balaban J connectivity index is 1.30. The van der Waals surface area contributed by atoms with Gasteiger partial charge in [0.1, 0.15) is 12.4 Å². The molecule has 33 heavy (non-hydrogen) atoms. The molecule has 4 nitrogen and oxygen atoms in total. The van der Waals surface area contributed by atoms with Crippen molar-refractivity contribution >= 4 is 17.2 Å². The molecular formula is C28H29ClN2O2. The minimum Gasteiger partial charge on any atom is -0.487 e. The summed E-state index contributed by atoms with van der Waals surface area (Å²) in [6, 6.07) is 18.1. The number of halogens is 1. The van der Waals surface area contributed by atoms with E-state index in [0.717, 1.165) is 67.0 Å². The Bertz CT molecular complexity index is 1160. The second-order valence-electron chi connectivity index (χ2n) is 9.07. The van der Waals surface area contributed by atoms with Crippen molar-refractivity contribution in [1.82, 2.24) is 9.88 Å². The Morgan fingerprint density at radius 1 is 1.09 bits per heavy atom. The van der Waals surface area contributed by atoms with Gasteiger partial charge in [-0.1, -0.05) is 47.5 Å². The molecule has 2 aliphatic rings. The minimum atomic E-state index is -0.765. The van der Waals surface area contributed by atoms with Gasteiger partial charge in [-0.2, -0.15) is 0 Å². The van der Waals surface area contributed by atoms with E-state index in [1.54, 1.807) is 0 Å². The highest BCUT2D eigenvalue weighted by atomic mass is 35.5. The third kappa shape index (κ3) is 4.70. The number of aryl methyl sites for hydroxylation is 1. The molecule has 2 aromatic carbocycles. The molecule has 5 heteroatoms. The molecule has 3 heterocycles. The zero-order valence-electron chi connectivity index (χ0n) is 18.9. The van der Waals surface area contributed by atoms with Crippen LogP contribution in [0.1, 0.15) is 47.2 Å². The van der Waals surface area contributed by atoms with Gasteiger partial charge in [0, 0.05) is 42.0 Å². The molecule has 1 aromatic heterocycles. The first-order chi connectivity index (χ1) is 16.0. The second-order valence-corrected chi connectivity index (χ2v) is 9.51. The summed E-state index contributed by atoms with van der Waals surface area (Å²) in [6.07, 6.45) is 6.54. The van der Waals surface area contributed by atoms with E-state index in [0.29, 0.717) is 11.6 Å². The molecule has 0 radical (unpaired) electrons. The van der Waals surface area contributed by atoms with Crippen LogP contribution in [0, 0.1) is 6.92 Å². The van der Waals surface area contributed by atoms with Crippen molar-refractivity contribution in [3.05, 3.63) is 99.8 Å². The number of ether oxygens (including phenoxy) is 1. The van der Waals surface area contributed by atoms with E-state index in [2.05, 4.69) is 47.1 Å². The first-order valence-corrected chi connectivity index (χ1v) is 12.0. The monoisotopic (exact) mass is 460 g/mol. The number of pyridine rings is 1. The Labute approximate surface area is 200 Å². The van der Waals surface area contributed by atoms with Crippen molar-refractivity contribution < 1.29 is 9.84 Å². The molecule has 0 spiro atoms. The van der Waals surface area contributed by atoms with Crippen LogP contribution in [0.2, 0.25) is 5.02 Å². The van der Waals surface area contributed by atoms with Crippen LogP contribution in [0.5, 0.6) is 5.75 Å². The fourth-order valence-electron chi connectivity index (χ4n) is 4.88. The summed E-state index contributed by atoms with van der Waals surface area (Å²) in [6.45, 7) is 5.30. The van der Waals surface area contributed by atoms with E-state index in [9.17, 15) is 5.11 Å². The van der Waals surface area contributed by atoms with Crippen LogP contribution >= 0.6 is 11.6 Å². The predicted octanol–water partition coefficient (Wildman–Crippen LogP) is 5.74. The van der Waals surface area contributed by atoms with Gasteiger partial charge in [-0.3, -0.25) is 4.98 Å². The van der Waals surface area contributed by atoms with Crippen LogP contribution in [-0.2, 0) is 12.2 Å². The molecule has 0 aliphatic carbocycles. The summed E-state index contributed by atoms with van der Waals surface area (Å²) in [5.41, 5.74) is 5.87. The molecule has 0 atom stereocenters. The van der Waals surface area contributed by atoms with Crippen LogP contribution in [0.25, 0.3) is 5.57 Å². The van der Waals surface area contributed by atoms with Crippen molar-refractivity contribution in [1.29, 1.82) is 0 Å². The van der Waals surface area contributed by atoms with Crippen molar-refractivity contribution in [3.63, 3.8) is 0 Å². The zero-order chi connectivity index (χ0) is 22.8. The van der Waals surface area contributed by atoms with Gasteiger partial charge < -0.3 is 14.7 Å². The molecule has 0 amide bonds. The average molecular weight is 461 g/mol. The topological polar surface area (TPSA) is 45.6 Å².